The van der Waals surface area contributed by atoms with E-state index >= 15 is 0 Å². The van der Waals surface area contributed by atoms with Gasteiger partial charge >= 0.3 is 0 Å². The van der Waals surface area contributed by atoms with Gasteiger partial charge in [0, 0.05) is 25.4 Å². The third kappa shape index (κ3) is 2.61. The van der Waals surface area contributed by atoms with E-state index < -0.39 is 11.0 Å². The molecular weight excluding hydrogens is 204 g/mol. The predicted octanol–water partition coefficient (Wildman–Crippen LogP) is 0.941. The van der Waals surface area contributed by atoms with Crippen LogP contribution in [0.4, 0.5) is 0 Å². The standard InChI is InChI=1S/C12H22N2O2/c1-9(15)14-7-5-12(13,6-8-14)10(16)11(2,3)4/h5-8,13H2,1-4H3. The molecule has 0 atom stereocenters. The Balaban J connectivity index is 2.70. The third-order valence-corrected chi connectivity index (χ3v) is 3.23. The van der Waals surface area contributed by atoms with Gasteiger partial charge in [-0.2, -0.15) is 0 Å². The van der Waals surface area contributed by atoms with E-state index in [4.69, 9.17) is 5.73 Å². The SMILES string of the molecule is CC(=O)N1CCC(N)(C(=O)C(C)(C)C)CC1. The van der Waals surface area contributed by atoms with Gasteiger partial charge in [0.15, 0.2) is 5.78 Å². The Morgan fingerprint density at radius 1 is 1.19 bits per heavy atom. The number of likely N-dealkylation sites (tertiary alicyclic amines) is 1. The lowest BCUT2D eigenvalue weighted by Gasteiger charge is -2.40. The smallest absolute Gasteiger partial charge is 0.219 e. The van der Waals surface area contributed by atoms with Crippen molar-refractivity contribution in [2.24, 2.45) is 11.1 Å². The van der Waals surface area contributed by atoms with Gasteiger partial charge in [-0.3, -0.25) is 9.59 Å². The molecule has 0 spiro atoms. The number of amides is 1. The average molecular weight is 226 g/mol. The van der Waals surface area contributed by atoms with Crippen LogP contribution in [0.5, 0.6) is 0 Å². The zero-order valence-corrected chi connectivity index (χ0v) is 10.7. The fourth-order valence-corrected chi connectivity index (χ4v) is 2.19. The Labute approximate surface area is 97.2 Å². The number of nitrogens with zero attached hydrogens (tertiary/aromatic N) is 1. The maximum Gasteiger partial charge on any atom is 0.219 e. The van der Waals surface area contributed by atoms with E-state index in [-0.39, 0.29) is 11.7 Å². The first-order valence-corrected chi connectivity index (χ1v) is 5.76. The molecule has 1 heterocycles. The monoisotopic (exact) mass is 226 g/mol. The summed E-state index contributed by atoms with van der Waals surface area (Å²) in [4.78, 5) is 25.1. The van der Waals surface area contributed by atoms with Crippen LogP contribution in [-0.2, 0) is 9.59 Å². The van der Waals surface area contributed by atoms with Crippen molar-refractivity contribution in [3.8, 4) is 0 Å². The van der Waals surface area contributed by atoms with Crippen molar-refractivity contribution in [1.82, 2.24) is 4.90 Å². The van der Waals surface area contributed by atoms with Crippen molar-refractivity contribution in [3.05, 3.63) is 0 Å². The lowest BCUT2D eigenvalue weighted by Crippen LogP contribution is -2.59. The number of carbonyl (C=O) groups excluding carboxylic acids is 2. The molecule has 0 aromatic rings. The summed E-state index contributed by atoms with van der Waals surface area (Å²) in [6, 6.07) is 0. The maximum atomic E-state index is 12.2. The van der Waals surface area contributed by atoms with E-state index in [0.29, 0.717) is 25.9 Å². The van der Waals surface area contributed by atoms with Crippen molar-refractivity contribution in [2.45, 2.75) is 46.1 Å². The van der Waals surface area contributed by atoms with Gasteiger partial charge in [-0.25, -0.2) is 0 Å². The van der Waals surface area contributed by atoms with E-state index in [2.05, 4.69) is 0 Å². The molecule has 1 saturated heterocycles. The second kappa shape index (κ2) is 4.17. The van der Waals surface area contributed by atoms with Crippen molar-refractivity contribution >= 4 is 11.7 Å². The van der Waals surface area contributed by atoms with Gasteiger partial charge in [-0.1, -0.05) is 20.8 Å². The molecule has 0 bridgehead atoms. The summed E-state index contributed by atoms with van der Waals surface area (Å²) in [7, 11) is 0. The van der Waals surface area contributed by atoms with E-state index in [1.54, 1.807) is 11.8 Å². The molecule has 0 saturated carbocycles. The minimum atomic E-state index is -0.746. The number of Topliss-reactive ketones (excluding diaryl/α,β-unsaturated/α-hetero) is 1. The van der Waals surface area contributed by atoms with Gasteiger partial charge in [0.1, 0.15) is 0 Å². The van der Waals surface area contributed by atoms with Gasteiger partial charge in [0.05, 0.1) is 5.54 Å². The highest BCUT2D eigenvalue weighted by Crippen LogP contribution is 2.29. The number of hydrogen-bond donors (Lipinski definition) is 1. The summed E-state index contributed by atoms with van der Waals surface area (Å²) >= 11 is 0. The predicted molar refractivity (Wildman–Crippen MR) is 62.9 cm³/mol. The number of piperidine rings is 1. The Morgan fingerprint density at radius 3 is 1.94 bits per heavy atom. The summed E-state index contributed by atoms with van der Waals surface area (Å²) in [6.07, 6.45) is 1.14. The Kier molecular flexibility index (Phi) is 3.43. The van der Waals surface area contributed by atoms with E-state index in [1.807, 2.05) is 20.8 Å². The van der Waals surface area contributed by atoms with E-state index in [1.165, 1.54) is 0 Å². The first-order valence-electron chi connectivity index (χ1n) is 5.76. The zero-order valence-electron chi connectivity index (χ0n) is 10.7. The third-order valence-electron chi connectivity index (χ3n) is 3.23. The average Bonchev–Trinajstić information content (AvgIpc) is 2.16. The van der Waals surface area contributed by atoms with Crippen LogP contribution in [0.25, 0.3) is 0 Å². The minimum absolute atomic E-state index is 0.0604. The highest BCUT2D eigenvalue weighted by atomic mass is 16.2. The van der Waals surface area contributed by atoms with Crippen molar-refractivity contribution in [1.29, 1.82) is 0 Å². The molecule has 4 nitrogen and oxygen atoms in total. The fourth-order valence-electron chi connectivity index (χ4n) is 2.19. The second-order valence-corrected chi connectivity index (χ2v) is 5.74. The lowest BCUT2D eigenvalue weighted by molar-refractivity contribution is -0.137. The van der Waals surface area contributed by atoms with Crippen LogP contribution in [-0.4, -0.2) is 35.2 Å². The normalized spacial score (nSPS) is 20.7. The van der Waals surface area contributed by atoms with Crippen LogP contribution >= 0.6 is 0 Å². The van der Waals surface area contributed by atoms with Gasteiger partial charge in [-0.05, 0) is 12.8 Å². The number of ketones is 1. The first kappa shape index (κ1) is 13.2. The second-order valence-electron chi connectivity index (χ2n) is 5.74. The van der Waals surface area contributed by atoms with Crippen molar-refractivity contribution in [3.63, 3.8) is 0 Å². The molecule has 2 N–H and O–H groups in total. The first-order chi connectivity index (χ1) is 7.17. The minimum Gasteiger partial charge on any atom is -0.343 e. The Morgan fingerprint density at radius 2 is 1.62 bits per heavy atom. The molecule has 1 aliphatic rings. The van der Waals surface area contributed by atoms with Crippen LogP contribution in [0, 0.1) is 5.41 Å². The lowest BCUT2D eigenvalue weighted by atomic mass is 9.74. The molecule has 1 rings (SSSR count). The van der Waals surface area contributed by atoms with Gasteiger partial charge < -0.3 is 10.6 Å². The maximum absolute atomic E-state index is 12.2. The largest absolute Gasteiger partial charge is 0.343 e. The fraction of sp³-hybridized carbons (Fsp3) is 0.833. The number of nitrogens with two attached hydrogens (primary N) is 1. The van der Waals surface area contributed by atoms with Gasteiger partial charge in [-0.15, -0.1) is 0 Å². The van der Waals surface area contributed by atoms with Crippen LogP contribution < -0.4 is 5.73 Å². The molecule has 0 unspecified atom stereocenters. The van der Waals surface area contributed by atoms with Crippen LogP contribution in [0.1, 0.15) is 40.5 Å². The molecule has 1 aliphatic heterocycles. The van der Waals surface area contributed by atoms with Gasteiger partial charge in [0.2, 0.25) is 5.91 Å². The molecule has 1 amide bonds. The van der Waals surface area contributed by atoms with Gasteiger partial charge in [0.25, 0.3) is 0 Å². The van der Waals surface area contributed by atoms with Crippen molar-refractivity contribution in [2.75, 3.05) is 13.1 Å². The van der Waals surface area contributed by atoms with Crippen LogP contribution in [0.15, 0.2) is 0 Å². The summed E-state index contributed by atoms with van der Waals surface area (Å²) in [5.74, 6) is 0.161. The molecule has 16 heavy (non-hydrogen) atoms. The summed E-state index contributed by atoms with van der Waals surface area (Å²) < 4.78 is 0. The van der Waals surface area contributed by atoms with E-state index in [9.17, 15) is 9.59 Å². The van der Waals surface area contributed by atoms with Crippen LogP contribution in [0.2, 0.25) is 0 Å². The molecule has 0 aliphatic carbocycles. The molecule has 0 aromatic heterocycles. The summed E-state index contributed by atoms with van der Waals surface area (Å²) in [6.45, 7) is 8.40. The van der Waals surface area contributed by atoms with Crippen LogP contribution in [0.3, 0.4) is 0 Å². The molecule has 0 aromatic carbocycles. The summed E-state index contributed by atoms with van der Waals surface area (Å²) in [5.41, 5.74) is 5.01. The molecule has 0 radical (unpaired) electrons. The number of hydrogen-bond acceptors (Lipinski definition) is 3. The Bertz CT molecular complexity index is 297. The topological polar surface area (TPSA) is 63.4 Å². The highest BCUT2D eigenvalue weighted by Gasteiger charge is 2.42. The molecular formula is C12H22N2O2. The highest BCUT2D eigenvalue weighted by molar-refractivity contribution is 5.92. The Hall–Kier alpha value is -0.900. The quantitative estimate of drug-likeness (QED) is 0.723. The molecule has 1 fully saturated rings. The zero-order chi connectivity index (χ0) is 12.6. The van der Waals surface area contributed by atoms with Crippen molar-refractivity contribution < 1.29 is 9.59 Å². The molecule has 4 heteroatoms. The summed E-state index contributed by atoms with van der Waals surface area (Å²) in [5, 5.41) is 0. The molecule has 92 valence electrons. The number of rotatable bonds is 1. The number of carbonyl (C=O) groups is 2. The van der Waals surface area contributed by atoms with E-state index in [0.717, 1.165) is 0 Å².